The lowest BCUT2D eigenvalue weighted by molar-refractivity contribution is 0.144. The monoisotopic (exact) mass is 186 g/mol. The second kappa shape index (κ2) is 3.45. The highest BCUT2D eigenvalue weighted by molar-refractivity contribution is 6.32. The van der Waals surface area contributed by atoms with Gasteiger partial charge < -0.3 is 9.84 Å². The van der Waals surface area contributed by atoms with Crippen LogP contribution in [0.2, 0.25) is 5.02 Å². The summed E-state index contributed by atoms with van der Waals surface area (Å²) in [6.45, 7) is 1.77. The number of ether oxygens (including phenoxy) is 1. The Hall–Kier alpha value is -1.22. The van der Waals surface area contributed by atoms with Crippen molar-refractivity contribution in [3.8, 4) is 5.75 Å². The first-order valence-corrected chi connectivity index (χ1v) is 3.65. The average Bonchev–Trinajstić information content (AvgIpc) is 1.98. The quantitative estimate of drug-likeness (QED) is 0.542. The van der Waals surface area contributed by atoms with Crippen molar-refractivity contribution >= 4 is 17.8 Å². The fourth-order valence-corrected chi connectivity index (χ4v) is 0.958. The van der Waals surface area contributed by atoms with Gasteiger partial charge in [0.1, 0.15) is 0 Å². The van der Waals surface area contributed by atoms with Crippen LogP contribution in [0.4, 0.5) is 4.79 Å². The number of hydrogen-bond donors (Lipinski definition) is 1. The van der Waals surface area contributed by atoms with Crippen LogP contribution < -0.4 is 4.74 Å². The van der Waals surface area contributed by atoms with Crippen molar-refractivity contribution < 1.29 is 14.6 Å². The molecule has 0 fully saturated rings. The van der Waals surface area contributed by atoms with Crippen molar-refractivity contribution in [2.45, 2.75) is 6.92 Å². The maximum atomic E-state index is 10.2. The van der Waals surface area contributed by atoms with Crippen LogP contribution in [-0.2, 0) is 0 Å². The van der Waals surface area contributed by atoms with Crippen molar-refractivity contribution in [3.05, 3.63) is 28.8 Å². The van der Waals surface area contributed by atoms with Gasteiger partial charge in [-0.15, -0.1) is 0 Å². The lowest BCUT2D eigenvalue weighted by atomic mass is 10.2. The molecule has 0 aliphatic rings. The lowest BCUT2D eigenvalue weighted by Crippen LogP contribution is -2.03. The van der Waals surface area contributed by atoms with Crippen LogP contribution in [0.15, 0.2) is 18.2 Å². The predicted octanol–water partition coefficient (Wildman–Crippen LogP) is 2.71. The number of halogens is 1. The van der Waals surface area contributed by atoms with E-state index in [1.807, 2.05) is 0 Å². The third kappa shape index (κ3) is 1.89. The first kappa shape index (κ1) is 8.87. The Morgan fingerprint density at radius 2 is 2.25 bits per heavy atom. The van der Waals surface area contributed by atoms with E-state index < -0.39 is 6.16 Å². The summed E-state index contributed by atoms with van der Waals surface area (Å²) >= 11 is 5.75. The molecule has 4 heteroatoms. The molecular formula is C8H7ClO3. The number of carbonyl (C=O) groups is 1. The minimum atomic E-state index is -1.36. The largest absolute Gasteiger partial charge is 0.511 e. The Bertz CT molecular complexity index is 309. The Morgan fingerprint density at radius 1 is 1.58 bits per heavy atom. The molecule has 0 aliphatic carbocycles. The van der Waals surface area contributed by atoms with E-state index in [-0.39, 0.29) is 5.75 Å². The third-order valence-corrected chi connectivity index (χ3v) is 1.84. The minimum absolute atomic E-state index is 0.171. The first-order chi connectivity index (χ1) is 5.61. The maximum Gasteiger partial charge on any atom is 0.511 e. The second-order valence-electron chi connectivity index (χ2n) is 2.25. The molecule has 0 spiro atoms. The smallest absolute Gasteiger partial charge is 0.449 e. The number of carboxylic acid groups (broad SMARTS) is 1. The normalized spacial score (nSPS) is 9.50. The van der Waals surface area contributed by atoms with Crippen LogP contribution in [0, 0.1) is 6.92 Å². The summed E-state index contributed by atoms with van der Waals surface area (Å²) in [6, 6.07) is 4.96. The molecule has 1 aromatic rings. The molecule has 0 aliphatic heterocycles. The highest BCUT2D eigenvalue weighted by atomic mass is 35.5. The van der Waals surface area contributed by atoms with Gasteiger partial charge in [0.15, 0.2) is 5.75 Å². The molecular weight excluding hydrogens is 180 g/mol. The highest BCUT2D eigenvalue weighted by Gasteiger charge is 2.06. The van der Waals surface area contributed by atoms with E-state index in [0.717, 1.165) is 5.56 Å². The molecule has 0 radical (unpaired) electrons. The van der Waals surface area contributed by atoms with E-state index >= 15 is 0 Å². The Morgan fingerprint density at radius 3 is 2.83 bits per heavy atom. The van der Waals surface area contributed by atoms with Gasteiger partial charge in [-0.1, -0.05) is 23.7 Å². The molecule has 0 unspecified atom stereocenters. The standard InChI is InChI=1S/C8H7ClO3/c1-5-3-2-4-6(7(5)9)12-8(10)11/h2-4H,1H3,(H,10,11). The van der Waals surface area contributed by atoms with Crippen LogP contribution >= 0.6 is 11.6 Å². The fourth-order valence-electron chi connectivity index (χ4n) is 0.793. The molecule has 64 valence electrons. The van der Waals surface area contributed by atoms with E-state index in [4.69, 9.17) is 16.7 Å². The van der Waals surface area contributed by atoms with Gasteiger partial charge in [0.25, 0.3) is 0 Å². The third-order valence-electron chi connectivity index (χ3n) is 1.35. The van der Waals surface area contributed by atoms with Gasteiger partial charge in [-0.25, -0.2) is 4.79 Å². The van der Waals surface area contributed by atoms with E-state index in [9.17, 15) is 4.79 Å². The van der Waals surface area contributed by atoms with E-state index in [2.05, 4.69) is 4.74 Å². The zero-order valence-electron chi connectivity index (χ0n) is 6.37. The number of aryl methyl sites for hydroxylation is 1. The maximum absolute atomic E-state index is 10.2. The second-order valence-corrected chi connectivity index (χ2v) is 2.63. The summed E-state index contributed by atoms with van der Waals surface area (Å²) in [5.74, 6) is 0.171. The van der Waals surface area contributed by atoms with Crippen molar-refractivity contribution in [1.29, 1.82) is 0 Å². The molecule has 0 saturated carbocycles. The van der Waals surface area contributed by atoms with Gasteiger partial charge in [-0.05, 0) is 18.6 Å². The van der Waals surface area contributed by atoms with Gasteiger partial charge in [0.2, 0.25) is 0 Å². The molecule has 12 heavy (non-hydrogen) atoms. The van der Waals surface area contributed by atoms with Crippen LogP contribution in [-0.4, -0.2) is 11.3 Å². The van der Waals surface area contributed by atoms with E-state index in [1.54, 1.807) is 19.1 Å². The molecule has 1 rings (SSSR count). The number of hydrogen-bond acceptors (Lipinski definition) is 2. The fraction of sp³-hybridized carbons (Fsp3) is 0.125. The van der Waals surface area contributed by atoms with Crippen LogP contribution in [0.5, 0.6) is 5.75 Å². The molecule has 0 bridgehead atoms. The van der Waals surface area contributed by atoms with Gasteiger partial charge in [-0.3, -0.25) is 0 Å². The average molecular weight is 187 g/mol. The van der Waals surface area contributed by atoms with Gasteiger partial charge in [-0.2, -0.15) is 0 Å². The topological polar surface area (TPSA) is 46.5 Å². The summed E-state index contributed by atoms with van der Waals surface area (Å²) in [4.78, 5) is 10.2. The number of rotatable bonds is 1. The summed E-state index contributed by atoms with van der Waals surface area (Å²) in [7, 11) is 0. The molecule has 0 amide bonds. The Balaban J connectivity index is 3.00. The zero-order valence-corrected chi connectivity index (χ0v) is 7.13. The van der Waals surface area contributed by atoms with Crippen LogP contribution in [0.3, 0.4) is 0 Å². The highest BCUT2D eigenvalue weighted by Crippen LogP contribution is 2.27. The molecule has 1 aromatic carbocycles. The first-order valence-electron chi connectivity index (χ1n) is 3.27. The zero-order chi connectivity index (χ0) is 9.14. The predicted molar refractivity (Wildman–Crippen MR) is 44.8 cm³/mol. The molecule has 0 atom stereocenters. The molecule has 1 N–H and O–H groups in total. The van der Waals surface area contributed by atoms with Gasteiger partial charge >= 0.3 is 6.16 Å². The molecule has 0 aromatic heterocycles. The number of benzene rings is 1. The molecule has 0 heterocycles. The van der Waals surface area contributed by atoms with E-state index in [0.29, 0.717) is 5.02 Å². The van der Waals surface area contributed by atoms with Crippen LogP contribution in [0.1, 0.15) is 5.56 Å². The van der Waals surface area contributed by atoms with Crippen molar-refractivity contribution in [1.82, 2.24) is 0 Å². The summed E-state index contributed by atoms with van der Waals surface area (Å²) in [5, 5.41) is 8.63. The summed E-state index contributed by atoms with van der Waals surface area (Å²) in [5.41, 5.74) is 0.787. The molecule has 3 nitrogen and oxygen atoms in total. The van der Waals surface area contributed by atoms with Crippen LogP contribution in [0.25, 0.3) is 0 Å². The van der Waals surface area contributed by atoms with Gasteiger partial charge in [0.05, 0.1) is 5.02 Å². The summed E-state index contributed by atoms with van der Waals surface area (Å²) in [6.07, 6.45) is -1.36. The minimum Gasteiger partial charge on any atom is -0.449 e. The lowest BCUT2D eigenvalue weighted by Gasteiger charge is -2.03. The SMILES string of the molecule is Cc1cccc(OC(=O)O)c1Cl. The van der Waals surface area contributed by atoms with Crippen molar-refractivity contribution in [3.63, 3.8) is 0 Å². The Labute approximate surface area is 74.5 Å². The van der Waals surface area contributed by atoms with Crippen molar-refractivity contribution in [2.75, 3.05) is 0 Å². The van der Waals surface area contributed by atoms with Gasteiger partial charge in [0, 0.05) is 0 Å². The summed E-state index contributed by atoms with van der Waals surface area (Å²) < 4.78 is 4.41. The van der Waals surface area contributed by atoms with Crippen molar-refractivity contribution in [2.24, 2.45) is 0 Å². The molecule has 0 saturated heterocycles. The Kier molecular flexibility index (Phi) is 2.55. The van der Waals surface area contributed by atoms with E-state index in [1.165, 1.54) is 6.07 Å².